The smallest absolute Gasteiger partial charge is 0.318 e. The van der Waals surface area contributed by atoms with Crippen molar-refractivity contribution in [1.82, 2.24) is 10.2 Å². The van der Waals surface area contributed by atoms with Gasteiger partial charge in [0.25, 0.3) is 5.89 Å². The van der Waals surface area contributed by atoms with Crippen LogP contribution in [-0.2, 0) is 5.67 Å². The molecule has 0 radical (unpaired) electrons. The number of nitrogens with zero attached hydrogens (tertiary/aromatic N) is 3. The summed E-state index contributed by atoms with van der Waals surface area (Å²) in [5, 5.41) is 7.24. The van der Waals surface area contributed by atoms with Crippen LogP contribution in [0.3, 0.4) is 0 Å². The Kier molecular flexibility index (Phi) is 3.99. The van der Waals surface area contributed by atoms with E-state index in [1.54, 1.807) is 29.2 Å². The number of rotatable bonds is 3. The van der Waals surface area contributed by atoms with Crippen molar-refractivity contribution in [3.63, 3.8) is 0 Å². The van der Waals surface area contributed by atoms with Gasteiger partial charge in [-0.2, -0.15) is 8.78 Å². The number of benzene rings is 1. The molecule has 1 aliphatic rings. The molecule has 2 heterocycles. The topological polar surface area (TPSA) is 42.2 Å². The van der Waals surface area contributed by atoms with Gasteiger partial charge < -0.3 is 9.32 Å². The van der Waals surface area contributed by atoms with E-state index >= 15 is 4.39 Å². The van der Waals surface area contributed by atoms with Crippen LogP contribution in [0.25, 0.3) is 0 Å². The number of alkyl halides is 3. The summed E-state index contributed by atoms with van der Waals surface area (Å²) >= 11 is 6.06. The number of hydrogen-bond donors (Lipinski definition) is 0. The van der Waals surface area contributed by atoms with Gasteiger partial charge in [-0.25, -0.2) is 4.39 Å². The Morgan fingerprint density at radius 2 is 1.86 bits per heavy atom. The molecule has 1 fully saturated rings. The third-order valence-electron chi connectivity index (χ3n) is 3.80. The molecule has 0 amide bonds. The Morgan fingerprint density at radius 1 is 1.18 bits per heavy atom. The van der Waals surface area contributed by atoms with Crippen molar-refractivity contribution in [3.05, 3.63) is 40.7 Å². The third-order valence-corrected chi connectivity index (χ3v) is 4.13. The summed E-state index contributed by atoms with van der Waals surface area (Å²) in [6.07, 6.45) is -2.47. The molecule has 4 nitrogen and oxygen atoms in total. The molecule has 1 aromatic carbocycles. The van der Waals surface area contributed by atoms with Gasteiger partial charge in [0.1, 0.15) is 5.67 Å². The minimum absolute atomic E-state index is 0.00323. The average Bonchev–Trinajstić information content (AvgIpc) is 2.98. The highest BCUT2D eigenvalue weighted by Gasteiger charge is 2.39. The lowest BCUT2D eigenvalue weighted by molar-refractivity contribution is 0.111. The molecule has 0 N–H and O–H groups in total. The standard InChI is InChI=1S/C14H13ClF3N3O/c15-10-4-2-1-3-9(10)14(18)5-7-21(8-6-14)13-20-19-12(22-13)11(16)17/h1-4,11H,5-8H2. The Hall–Kier alpha value is -1.76. The van der Waals surface area contributed by atoms with Crippen LogP contribution < -0.4 is 4.90 Å². The monoisotopic (exact) mass is 331 g/mol. The van der Waals surface area contributed by atoms with E-state index in [4.69, 9.17) is 16.0 Å². The molecule has 2 aromatic rings. The fraction of sp³-hybridized carbons (Fsp3) is 0.429. The summed E-state index contributed by atoms with van der Waals surface area (Å²) in [5.74, 6) is -0.724. The van der Waals surface area contributed by atoms with Gasteiger partial charge in [0.15, 0.2) is 0 Å². The van der Waals surface area contributed by atoms with Crippen LogP contribution in [0.5, 0.6) is 0 Å². The fourth-order valence-corrected chi connectivity index (χ4v) is 2.89. The quantitative estimate of drug-likeness (QED) is 0.848. The maximum atomic E-state index is 15.1. The molecule has 0 bridgehead atoms. The van der Waals surface area contributed by atoms with E-state index in [-0.39, 0.29) is 31.9 Å². The summed E-state index contributed by atoms with van der Waals surface area (Å²) in [5.41, 5.74) is -1.09. The van der Waals surface area contributed by atoms with Crippen LogP contribution in [0, 0.1) is 0 Å². The maximum Gasteiger partial charge on any atom is 0.318 e. The van der Waals surface area contributed by atoms with Gasteiger partial charge in [-0.1, -0.05) is 34.9 Å². The number of anilines is 1. The molecule has 0 atom stereocenters. The molecule has 0 spiro atoms. The van der Waals surface area contributed by atoms with Gasteiger partial charge >= 0.3 is 12.4 Å². The van der Waals surface area contributed by atoms with Crippen molar-refractivity contribution in [3.8, 4) is 0 Å². The second-order valence-corrected chi connectivity index (χ2v) is 5.56. The summed E-state index contributed by atoms with van der Waals surface area (Å²) < 4.78 is 44.9. The number of piperidine rings is 1. The second-order valence-electron chi connectivity index (χ2n) is 5.16. The van der Waals surface area contributed by atoms with Crippen molar-refractivity contribution in [1.29, 1.82) is 0 Å². The van der Waals surface area contributed by atoms with Crippen molar-refractivity contribution < 1.29 is 17.6 Å². The zero-order valence-corrected chi connectivity index (χ0v) is 12.2. The lowest BCUT2D eigenvalue weighted by Gasteiger charge is -2.36. The normalized spacial score (nSPS) is 18.0. The lowest BCUT2D eigenvalue weighted by atomic mass is 9.86. The second kappa shape index (κ2) is 5.79. The molecule has 1 aromatic heterocycles. The summed E-state index contributed by atoms with van der Waals surface area (Å²) in [7, 11) is 0. The van der Waals surface area contributed by atoms with Crippen LogP contribution in [-0.4, -0.2) is 23.3 Å². The molecule has 0 unspecified atom stereocenters. The molecule has 3 rings (SSSR count). The molecule has 118 valence electrons. The molecule has 0 saturated carbocycles. The molecule has 22 heavy (non-hydrogen) atoms. The summed E-state index contributed by atoms with van der Waals surface area (Å²) in [6.45, 7) is 0.569. The molecule has 1 saturated heterocycles. The van der Waals surface area contributed by atoms with Gasteiger partial charge in [-0.15, -0.1) is 5.10 Å². The first-order valence-corrected chi connectivity index (χ1v) is 7.18. The Morgan fingerprint density at radius 3 is 2.45 bits per heavy atom. The maximum absolute atomic E-state index is 15.1. The van der Waals surface area contributed by atoms with E-state index < -0.39 is 18.0 Å². The number of hydrogen-bond acceptors (Lipinski definition) is 4. The summed E-state index contributed by atoms with van der Waals surface area (Å²) in [4.78, 5) is 1.60. The predicted octanol–water partition coefficient (Wildman–Crippen LogP) is 4.13. The van der Waals surface area contributed by atoms with Crippen molar-refractivity contribution in [2.45, 2.75) is 24.9 Å². The SMILES string of the molecule is FC(F)c1nnc(N2CCC(F)(c3ccccc3Cl)CC2)o1. The van der Waals surface area contributed by atoms with Crippen LogP contribution in [0.15, 0.2) is 28.7 Å². The molecule has 0 aliphatic carbocycles. The van der Waals surface area contributed by atoms with Crippen LogP contribution >= 0.6 is 11.6 Å². The van der Waals surface area contributed by atoms with Gasteiger partial charge in [0.2, 0.25) is 0 Å². The van der Waals surface area contributed by atoms with Crippen LogP contribution in [0.2, 0.25) is 5.02 Å². The molecule has 8 heteroatoms. The lowest BCUT2D eigenvalue weighted by Crippen LogP contribution is -2.40. The van der Waals surface area contributed by atoms with Crippen molar-refractivity contribution in [2.75, 3.05) is 18.0 Å². The van der Waals surface area contributed by atoms with Gasteiger partial charge in [-0.05, 0) is 6.07 Å². The number of halogens is 4. The van der Waals surface area contributed by atoms with Crippen molar-refractivity contribution in [2.24, 2.45) is 0 Å². The highest BCUT2D eigenvalue weighted by atomic mass is 35.5. The highest BCUT2D eigenvalue weighted by Crippen LogP contribution is 2.41. The first-order chi connectivity index (χ1) is 10.5. The fourth-order valence-electron chi connectivity index (χ4n) is 2.59. The predicted molar refractivity (Wildman–Crippen MR) is 74.9 cm³/mol. The first-order valence-electron chi connectivity index (χ1n) is 6.80. The van der Waals surface area contributed by atoms with Crippen LogP contribution in [0.1, 0.15) is 30.7 Å². The highest BCUT2D eigenvalue weighted by molar-refractivity contribution is 6.31. The van der Waals surface area contributed by atoms with Gasteiger partial charge in [0, 0.05) is 36.5 Å². The largest absolute Gasteiger partial charge is 0.402 e. The van der Waals surface area contributed by atoms with Gasteiger partial charge in [0.05, 0.1) is 0 Å². The first kappa shape index (κ1) is 15.1. The van der Waals surface area contributed by atoms with E-state index in [2.05, 4.69) is 10.2 Å². The van der Waals surface area contributed by atoms with Crippen molar-refractivity contribution >= 4 is 17.6 Å². The Balaban J connectivity index is 1.73. The van der Waals surface area contributed by atoms with E-state index in [0.717, 1.165) is 0 Å². The zero-order chi connectivity index (χ0) is 15.7. The van der Waals surface area contributed by atoms with E-state index in [0.29, 0.717) is 10.6 Å². The van der Waals surface area contributed by atoms with E-state index in [1.165, 1.54) is 0 Å². The minimum atomic E-state index is -2.81. The van der Waals surface area contributed by atoms with Gasteiger partial charge in [-0.3, -0.25) is 0 Å². The Bertz CT molecular complexity index is 656. The van der Waals surface area contributed by atoms with Crippen LogP contribution in [0.4, 0.5) is 19.2 Å². The third kappa shape index (κ3) is 2.77. The van der Waals surface area contributed by atoms with E-state index in [9.17, 15) is 8.78 Å². The summed E-state index contributed by atoms with van der Waals surface area (Å²) in [6, 6.07) is 6.80. The van der Waals surface area contributed by atoms with E-state index in [1.807, 2.05) is 0 Å². The molecular formula is C14H13ClF3N3O. The Labute approximate surface area is 129 Å². The zero-order valence-electron chi connectivity index (χ0n) is 11.5. The minimum Gasteiger partial charge on any atom is -0.402 e. The average molecular weight is 332 g/mol. The number of aromatic nitrogens is 2. The molecule has 1 aliphatic heterocycles. The molecular weight excluding hydrogens is 319 g/mol.